The number of halogens is 3. The summed E-state index contributed by atoms with van der Waals surface area (Å²) in [6.07, 6.45) is -4.12. The summed E-state index contributed by atoms with van der Waals surface area (Å²) in [6.45, 7) is 1.49. The first-order chi connectivity index (χ1) is 12.3. The molecule has 0 fully saturated rings. The van der Waals surface area contributed by atoms with E-state index in [-0.39, 0.29) is 17.3 Å². The zero-order valence-corrected chi connectivity index (χ0v) is 13.3. The topological polar surface area (TPSA) is 88.0 Å². The van der Waals surface area contributed by atoms with E-state index in [2.05, 4.69) is 10.3 Å². The van der Waals surface area contributed by atoms with E-state index in [1.165, 1.54) is 6.92 Å². The molecule has 0 bridgehead atoms. The lowest BCUT2D eigenvalue weighted by Crippen LogP contribution is -2.22. The van der Waals surface area contributed by atoms with Crippen LogP contribution in [0.3, 0.4) is 0 Å². The Morgan fingerprint density at radius 1 is 1.23 bits per heavy atom. The van der Waals surface area contributed by atoms with Crippen molar-refractivity contribution in [3.05, 3.63) is 70.0 Å². The third-order valence-electron chi connectivity index (χ3n) is 3.51. The number of aromatic nitrogens is 2. The minimum absolute atomic E-state index is 0.124. The van der Waals surface area contributed by atoms with E-state index in [1.54, 1.807) is 30.3 Å². The van der Waals surface area contributed by atoms with Gasteiger partial charge in [0.2, 0.25) is 5.89 Å². The van der Waals surface area contributed by atoms with Crippen molar-refractivity contribution in [2.24, 2.45) is 0 Å². The molecule has 0 saturated carbocycles. The maximum atomic E-state index is 12.8. The monoisotopic (exact) mass is 363 g/mol. The zero-order valence-electron chi connectivity index (χ0n) is 13.3. The van der Waals surface area contributed by atoms with Gasteiger partial charge in [0.15, 0.2) is 5.69 Å². The number of nitrogens with one attached hydrogen (secondary N) is 2. The number of amides is 1. The molecule has 0 atom stereocenters. The number of anilines is 1. The zero-order chi connectivity index (χ0) is 18.9. The quantitative estimate of drug-likeness (QED) is 0.744. The normalized spacial score (nSPS) is 11.4. The van der Waals surface area contributed by atoms with Crippen LogP contribution in [-0.2, 0) is 6.18 Å². The number of H-pyrrole nitrogens is 1. The highest BCUT2D eigenvalue weighted by atomic mass is 19.4. The van der Waals surface area contributed by atoms with Crippen LogP contribution in [0.5, 0.6) is 0 Å². The van der Waals surface area contributed by atoms with E-state index in [0.29, 0.717) is 17.8 Å². The Labute approximate surface area is 144 Å². The number of benzene rings is 1. The molecule has 0 saturated heterocycles. The number of rotatable bonds is 3. The van der Waals surface area contributed by atoms with Crippen LogP contribution in [0.2, 0.25) is 0 Å². The summed E-state index contributed by atoms with van der Waals surface area (Å²) in [5.74, 6) is -0.491. The van der Waals surface area contributed by atoms with Crippen molar-refractivity contribution in [1.82, 2.24) is 9.97 Å². The summed E-state index contributed by atoms with van der Waals surface area (Å²) in [5.41, 5.74) is -1.98. The maximum absolute atomic E-state index is 12.8. The first kappa shape index (κ1) is 17.5. The minimum Gasteiger partial charge on any atom is -0.441 e. The fourth-order valence-corrected chi connectivity index (χ4v) is 2.23. The van der Waals surface area contributed by atoms with Crippen LogP contribution < -0.4 is 10.9 Å². The molecule has 134 valence electrons. The molecule has 0 aliphatic heterocycles. The lowest BCUT2D eigenvalue weighted by atomic mass is 10.2. The molecule has 2 heterocycles. The Morgan fingerprint density at radius 2 is 1.92 bits per heavy atom. The molecule has 6 nitrogen and oxygen atoms in total. The van der Waals surface area contributed by atoms with E-state index >= 15 is 0 Å². The number of alkyl halides is 3. The van der Waals surface area contributed by atoms with Crippen LogP contribution in [0.4, 0.5) is 18.9 Å². The number of nitrogens with zero attached hydrogens (tertiary/aromatic N) is 1. The van der Waals surface area contributed by atoms with Gasteiger partial charge in [-0.25, -0.2) is 4.98 Å². The first-order valence-corrected chi connectivity index (χ1v) is 7.40. The highest BCUT2D eigenvalue weighted by molar-refractivity contribution is 6.03. The summed E-state index contributed by atoms with van der Waals surface area (Å²) in [4.78, 5) is 30.0. The Hall–Kier alpha value is -3.36. The molecule has 9 heteroatoms. The van der Waals surface area contributed by atoms with Gasteiger partial charge in [-0.05, 0) is 25.1 Å². The third kappa shape index (κ3) is 3.51. The molecule has 0 aliphatic carbocycles. The van der Waals surface area contributed by atoms with Crippen LogP contribution in [0.15, 0.2) is 51.8 Å². The molecule has 0 aliphatic rings. The van der Waals surface area contributed by atoms with E-state index in [9.17, 15) is 22.8 Å². The number of pyridine rings is 1. The van der Waals surface area contributed by atoms with E-state index in [1.807, 2.05) is 4.98 Å². The van der Waals surface area contributed by atoms with Gasteiger partial charge in [0.25, 0.3) is 11.5 Å². The molecule has 0 spiro atoms. The third-order valence-corrected chi connectivity index (χ3v) is 3.51. The first-order valence-electron chi connectivity index (χ1n) is 7.40. The van der Waals surface area contributed by atoms with Gasteiger partial charge in [-0.15, -0.1) is 0 Å². The van der Waals surface area contributed by atoms with E-state index < -0.39 is 28.9 Å². The van der Waals surface area contributed by atoms with Crippen LogP contribution in [-0.4, -0.2) is 15.9 Å². The van der Waals surface area contributed by atoms with Crippen molar-refractivity contribution >= 4 is 11.6 Å². The van der Waals surface area contributed by atoms with Crippen LogP contribution >= 0.6 is 0 Å². The second-order valence-electron chi connectivity index (χ2n) is 5.37. The average molecular weight is 363 g/mol. The lowest BCUT2D eigenvalue weighted by molar-refractivity contribution is -0.137. The summed E-state index contributed by atoms with van der Waals surface area (Å²) < 4.78 is 43.7. The predicted molar refractivity (Wildman–Crippen MR) is 86.7 cm³/mol. The summed E-state index contributed by atoms with van der Waals surface area (Å²) in [7, 11) is 0. The molecular weight excluding hydrogens is 351 g/mol. The van der Waals surface area contributed by atoms with Gasteiger partial charge < -0.3 is 14.7 Å². The second kappa shape index (κ2) is 6.51. The molecule has 1 aromatic carbocycles. The molecule has 0 unspecified atom stereocenters. The molecule has 3 aromatic rings. The largest absolute Gasteiger partial charge is 0.441 e. The Morgan fingerprint density at radius 3 is 2.58 bits per heavy atom. The highest BCUT2D eigenvalue weighted by Crippen LogP contribution is 2.29. The van der Waals surface area contributed by atoms with Crippen molar-refractivity contribution in [2.45, 2.75) is 13.1 Å². The minimum atomic E-state index is -4.66. The molecule has 3 rings (SSSR count). The van der Waals surface area contributed by atoms with Gasteiger partial charge in [-0.3, -0.25) is 9.59 Å². The van der Waals surface area contributed by atoms with Gasteiger partial charge in [-0.1, -0.05) is 18.2 Å². The predicted octanol–water partition coefficient (Wildman–Crippen LogP) is 3.61. The van der Waals surface area contributed by atoms with Crippen molar-refractivity contribution in [3.63, 3.8) is 0 Å². The molecule has 26 heavy (non-hydrogen) atoms. The Balaban J connectivity index is 1.90. The smallest absolute Gasteiger partial charge is 0.417 e. The van der Waals surface area contributed by atoms with Crippen molar-refractivity contribution in [2.75, 3.05) is 5.32 Å². The van der Waals surface area contributed by atoms with Gasteiger partial charge in [-0.2, -0.15) is 13.2 Å². The number of oxazole rings is 1. The second-order valence-corrected chi connectivity index (χ2v) is 5.37. The summed E-state index contributed by atoms with van der Waals surface area (Å²) in [6, 6.07) is 9.33. The van der Waals surface area contributed by atoms with E-state index in [4.69, 9.17) is 4.42 Å². The molecule has 0 radical (unpaired) electrons. The van der Waals surface area contributed by atoms with Gasteiger partial charge >= 0.3 is 6.18 Å². The van der Waals surface area contributed by atoms with Gasteiger partial charge in [0, 0.05) is 11.8 Å². The summed E-state index contributed by atoms with van der Waals surface area (Å²) >= 11 is 0. The number of aryl methyl sites for hydroxylation is 1. The number of aromatic amines is 1. The maximum Gasteiger partial charge on any atom is 0.417 e. The van der Waals surface area contributed by atoms with Crippen molar-refractivity contribution < 1.29 is 22.4 Å². The summed E-state index contributed by atoms with van der Waals surface area (Å²) in [5, 5.41) is 2.14. The fraction of sp³-hybridized carbons (Fsp3) is 0.118. The van der Waals surface area contributed by atoms with Crippen molar-refractivity contribution in [3.8, 4) is 11.5 Å². The Kier molecular flexibility index (Phi) is 4.37. The number of hydrogen-bond acceptors (Lipinski definition) is 4. The van der Waals surface area contributed by atoms with Crippen LogP contribution in [0.1, 0.15) is 21.8 Å². The average Bonchev–Trinajstić information content (AvgIpc) is 2.98. The number of carbonyl (C=O) groups excluding carboxylic acids is 1. The standard InChI is InChI=1S/C17H12F3N3O3/c1-9-13(23-16(26-9)10-5-3-2-4-6-10)15(25)22-12-7-11(17(18,19)20)8-21-14(12)24/h2-8H,1H3,(H,21,24)(H,22,25). The lowest BCUT2D eigenvalue weighted by Gasteiger charge is -2.08. The SMILES string of the molecule is Cc1oc(-c2ccccc2)nc1C(=O)Nc1cc(C(F)(F)F)c[nH]c1=O. The molecule has 2 aromatic heterocycles. The Bertz CT molecular complexity index is 1010. The molecular formula is C17H12F3N3O3. The molecule has 2 N–H and O–H groups in total. The number of carbonyl (C=O) groups is 1. The number of hydrogen-bond donors (Lipinski definition) is 2. The van der Waals surface area contributed by atoms with Gasteiger partial charge in [0.1, 0.15) is 11.4 Å². The highest BCUT2D eigenvalue weighted by Gasteiger charge is 2.31. The van der Waals surface area contributed by atoms with Crippen molar-refractivity contribution in [1.29, 1.82) is 0 Å². The van der Waals surface area contributed by atoms with E-state index in [0.717, 1.165) is 0 Å². The molecule has 1 amide bonds. The van der Waals surface area contributed by atoms with Gasteiger partial charge in [0.05, 0.1) is 5.56 Å². The fourth-order valence-electron chi connectivity index (χ4n) is 2.23. The van der Waals surface area contributed by atoms with Crippen LogP contribution in [0, 0.1) is 6.92 Å². The van der Waals surface area contributed by atoms with Crippen LogP contribution in [0.25, 0.3) is 11.5 Å².